The molecule has 0 radical (unpaired) electrons. The van der Waals surface area contributed by atoms with Gasteiger partial charge in [-0.25, -0.2) is 4.79 Å². The largest absolute Gasteiger partial charge is 0.481 e. The van der Waals surface area contributed by atoms with E-state index >= 15 is 0 Å². The molecule has 4 rings (SSSR count). The van der Waals surface area contributed by atoms with E-state index in [2.05, 4.69) is 16.7 Å². The molecule has 1 amide bonds. The third-order valence-corrected chi connectivity index (χ3v) is 6.12. The second kappa shape index (κ2) is 7.59. The first-order valence-electron chi connectivity index (χ1n) is 8.99. The van der Waals surface area contributed by atoms with Gasteiger partial charge in [0.05, 0.1) is 5.52 Å². The molecule has 0 aliphatic carbocycles. The van der Waals surface area contributed by atoms with Crippen molar-refractivity contribution in [3.05, 3.63) is 65.4 Å². The van der Waals surface area contributed by atoms with Crippen molar-refractivity contribution in [2.45, 2.75) is 18.2 Å². The number of carboxylic acids is 1. The zero-order valence-electron chi connectivity index (χ0n) is 15.1. The van der Waals surface area contributed by atoms with Crippen molar-refractivity contribution in [2.24, 2.45) is 5.73 Å². The van der Waals surface area contributed by atoms with E-state index in [1.54, 1.807) is 6.07 Å². The number of rotatable bonds is 6. The molecule has 1 aromatic heterocycles. The molecule has 2 aromatic carbocycles. The summed E-state index contributed by atoms with van der Waals surface area (Å²) < 4.78 is 7.76. The van der Waals surface area contributed by atoms with Crippen LogP contribution in [0.1, 0.15) is 22.1 Å². The Labute approximate surface area is 166 Å². The summed E-state index contributed by atoms with van der Waals surface area (Å²) in [5, 5.41) is 9.33. The number of nitrogens with two attached hydrogens (primary N) is 1. The Morgan fingerprint density at radius 3 is 2.68 bits per heavy atom. The predicted molar refractivity (Wildman–Crippen MR) is 109 cm³/mol. The van der Waals surface area contributed by atoms with Crippen molar-refractivity contribution in [3.63, 3.8) is 0 Å². The van der Waals surface area contributed by atoms with E-state index in [0.29, 0.717) is 12.3 Å². The molecule has 1 unspecified atom stereocenters. The number of aromatic nitrogens is 1. The summed E-state index contributed by atoms with van der Waals surface area (Å²) in [6, 6.07) is 15.7. The van der Waals surface area contributed by atoms with Gasteiger partial charge in [0.1, 0.15) is 11.0 Å². The fourth-order valence-corrected chi connectivity index (χ4v) is 4.92. The zero-order valence-corrected chi connectivity index (χ0v) is 15.9. The van der Waals surface area contributed by atoms with Crippen LogP contribution in [0.5, 0.6) is 5.75 Å². The average molecular weight is 396 g/mol. The van der Waals surface area contributed by atoms with Gasteiger partial charge in [0.25, 0.3) is 0 Å². The van der Waals surface area contributed by atoms with Crippen LogP contribution >= 0.6 is 11.8 Å². The van der Waals surface area contributed by atoms with Gasteiger partial charge in [-0.2, -0.15) is 0 Å². The lowest BCUT2D eigenvalue weighted by molar-refractivity contribution is -0.139. The van der Waals surface area contributed by atoms with E-state index < -0.39 is 23.7 Å². The Balaban J connectivity index is 1.93. The molecule has 0 fully saturated rings. The monoisotopic (exact) mass is 396 g/mol. The maximum atomic E-state index is 12.2. The molecule has 2 heterocycles. The first kappa shape index (κ1) is 18.4. The summed E-state index contributed by atoms with van der Waals surface area (Å²) in [6.07, 6.45) is 0.809. The number of benzene rings is 2. The SMILES string of the molecule is NC(=O)C1SCCc2c1c1c(OCC(=O)O)cccc1n2Cc1ccccc1. The first-order chi connectivity index (χ1) is 13.6. The number of amides is 1. The number of carboxylic acid groups (broad SMARTS) is 1. The van der Waals surface area contributed by atoms with Gasteiger partial charge in [-0.3, -0.25) is 4.79 Å². The maximum absolute atomic E-state index is 12.2. The fourth-order valence-electron chi connectivity index (χ4n) is 3.79. The molecule has 1 atom stereocenters. The smallest absolute Gasteiger partial charge is 0.341 e. The molecular formula is C21H20N2O4S. The van der Waals surface area contributed by atoms with Gasteiger partial charge < -0.3 is 20.1 Å². The van der Waals surface area contributed by atoms with Crippen LogP contribution in [0.25, 0.3) is 10.9 Å². The summed E-state index contributed by atoms with van der Waals surface area (Å²) in [4.78, 5) is 23.2. The Morgan fingerprint density at radius 1 is 1.18 bits per heavy atom. The Hall–Kier alpha value is -2.93. The van der Waals surface area contributed by atoms with E-state index in [0.717, 1.165) is 39.9 Å². The first-order valence-corrected chi connectivity index (χ1v) is 10.0. The molecule has 0 bridgehead atoms. The molecule has 3 aromatic rings. The van der Waals surface area contributed by atoms with Gasteiger partial charge in [0.15, 0.2) is 6.61 Å². The Morgan fingerprint density at radius 2 is 1.96 bits per heavy atom. The van der Waals surface area contributed by atoms with Crippen molar-refractivity contribution >= 4 is 34.5 Å². The molecular weight excluding hydrogens is 376 g/mol. The standard InChI is InChI=1S/C21H20N2O4S/c22-21(26)20-19-15(9-10-28-20)23(11-13-5-2-1-3-6-13)14-7-4-8-16(18(14)19)27-12-17(24)25/h1-8,20H,9-12H2,(H2,22,26)(H,24,25). The third kappa shape index (κ3) is 3.33. The average Bonchev–Trinajstić information content (AvgIpc) is 3.01. The lowest BCUT2D eigenvalue weighted by atomic mass is 10.0. The minimum atomic E-state index is -1.05. The quantitative estimate of drug-likeness (QED) is 0.668. The van der Waals surface area contributed by atoms with E-state index in [9.17, 15) is 9.59 Å². The topological polar surface area (TPSA) is 94.6 Å². The van der Waals surface area contributed by atoms with Crippen molar-refractivity contribution in [1.82, 2.24) is 4.57 Å². The van der Waals surface area contributed by atoms with Crippen LogP contribution in [-0.4, -0.2) is 33.9 Å². The molecule has 0 saturated heterocycles. The van der Waals surface area contributed by atoms with Gasteiger partial charge in [-0.05, 0) is 29.9 Å². The van der Waals surface area contributed by atoms with Crippen molar-refractivity contribution in [1.29, 1.82) is 0 Å². The van der Waals surface area contributed by atoms with E-state index in [1.165, 1.54) is 11.8 Å². The normalized spacial score (nSPS) is 15.9. The van der Waals surface area contributed by atoms with Crippen LogP contribution in [0.2, 0.25) is 0 Å². The van der Waals surface area contributed by atoms with Crippen LogP contribution in [0.15, 0.2) is 48.5 Å². The number of thioether (sulfide) groups is 1. The summed E-state index contributed by atoms with van der Waals surface area (Å²) >= 11 is 1.52. The summed E-state index contributed by atoms with van der Waals surface area (Å²) in [5.41, 5.74) is 9.69. The van der Waals surface area contributed by atoms with Gasteiger partial charge in [0, 0.05) is 23.2 Å². The summed E-state index contributed by atoms with van der Waals surface area (Å²) in [7, 11) is 0. The van der Waals surface area contributed by atoms with Gasteiger partial charge in [-0.15, -0.1) is 11.8 Å². The second-order valence-corrected chi connectivity index (χ2v) is 7.88. The van der Waals surface area contributed by atoms with E-state index in [-0.39, 0.29) is 0 Å². The van der Waals surface area contributed by atoms with Crippen molar-refractivity contribution < 1.29 is 19.4 Å². The molecule has 0 spiro atoms. The van der Waals surface area contributed by atoms with Crippen LogP contribution in [0.4, 0.5) is 0 Å². The van der Waals surface area contributed by atoms with Gasteiger partial charge in [-0.1, -0.05) is 36.4 Å². The van der Waals surface area contributed by atoms with Crippen LogP contribution in [-0.2, 0) is 22.6 Å². The predicted octanol–water partition coefficient (Wildman–Crippen LogP) is 2.97. The number of nitrogens with zero attached hydrogens (tertiary/aromatic N) is 1. The molecule has 0 saturated carbocycles. The molecule has 1 aliphatic heterocycles. The highest BCUT2D eigenvalue weighted by molar-refractivity contribution is 8.00. The van der Waals surface area contributed by atoms with Crippen LogP contribution in [0, 0.1) is 0 Å². The highest BCUT2D eigenvalue weighted by Crippen LogP contribution is 2.45. The third-order valence-electron chi connectivity index (χ3n) is 4.88. The molecule has 144 valence electrons. The minimum Gasteiger partial charge on any atom is -0.481 e. The molecule has 6 nitrogen and oxygen atoms in total. The minimum absolute atomic E-state index is 0.391. The maximum Gasteiger partial charge on any atom is 0.341 e. The summed E-state index contributed by atoms with van der Waals surface area (Å²) in [5.74, 6) is -0.165. The van der Waals surface area contributed by atoms with Gasteiger partial charge in [0.2, 0.25) is 5.91 Å². The number of ether oxygens (including phenoxy) is 1. The molecule has 1 aliphatic rings. The number of carbonyl (C=O) groups excluding carboxylic acids is 1. The molecule has 7 heteroatoms. The second-order valence-electron chi connectivity index (χ2n) is 6.67. The summed E-state index contributed by atoms with van der Waals surface area (Å²) in [6.45, 7) is 0.220. The number of primary amides is 1. The van der Waals surface area contributed by atoms with Crippen molar-refractivity contribution in [2.75, 3.05) is 12.4 Å². The lowest BCUT2D eigenvalue weighted by Gasteiger charge is -2.22. The fraction of sp³-hybridized carbons (Fsp3) is 0.238. The lowest BCUT2D eigenvalue weighted by Crippen LogP contribution is -2.24. The highest BCUT2D eigenvalue weighted by atomic mass is 32.2. The molecule has 3 N–H and O–H groups in total. The van der Waals surface area contributed by atoms with Crippen molar-refractivity contribution in [3.8, 4) is 5.75 Å². The highest BCUT2D eigenvalue weighted by Gasteiger charge is 2.33. The number of aliphatic carboxylic acids is 1. The number of hydrogen-bond acceptors (Lipinski definition) is 4. The number of carbonyl (C=O) groups is 2. The van der Waals surface area contributed by atoms with Crippen LogP contribution in [0.3, 0.4) is 0 Å². The number of fused-ring (bicyclic) bond motifs is 3. The van der Waals surface area contributed by atoms with E-state index in [4.69, 9.17) is 15.6 Å². The van der Waals surface area contributed by atoms with E-state index in [1.807, 2.05) is 30.3 Å². The van der Waals surface area contributed by atoms with Gasteiger partial charge >= 0.3 is 5.97 Å². The number of hydrogen-bond donors (Lipinski definition) is 2. The van der Waals surface area contributed by atoms with Crippen LogP contribution < -0.4 is 10.5 Å². The Bertz CT molecular complexity index is 1050. The molecule has 28 heavy (non-hydrogen) atoms. The Kier molecular flexibility index (Phi) is 5.00. The zero-order chi connectivity index (χ0) is 19.7.